The van der Waals surface area contributed by atoms with Gasteiger partial charge in [-0.15, -0.1) is 0 Å². The smallest absolute Gasteiger partial charge is 0.356 e. The molecule has 5 fully saturated rings. The Kier molecular flexibility index (Phi) is 5.55. The van der Waals surface area contributed by atoms with Crippen LogP contribution < -0.4 is 10.6 Å². The predicted octanol–water partition coefficient (Wildman–Crippen LogP) is 2.68. The third kappa shape index (κ3) is 4.24. The van der Waals surface area contributed by atoms with Crippen LogP contribution in [0, 0.1) is 23.2 Å². The lowest BCUT2D eigenvalue weighted by Crippen LogP contribution is -2.55. The van der Waals surface area contributed by atoms with Gasteiger partial charge in [0.1, 0.15) is 0 Å². The average Bonchev–Trinajstić information content (AvgIpc) is 2.63. The van der Waals surface area contributed by atoms with E-state index in [0.717, 1.165) is 24.3 Å². The van der Waals surface area contributed by atoms with Crippen molar-refractivity contribution in [2.45, 2.75) is 62.9 Å². The molecule has 4 saturated carbocycles. The molecule has 10 heteroatoms. The molecule has 1 saturated heterocycles. The van der Waals surface area contributed by atoms with Crippen LogP contribution >= 0.6 is 0 Å². The summed E-state index contributed by atoms with van der Waals surface area (Å²) in [5.74, 6) is 3.28. The summed E-state index contributed by atoms with van der Waals surface area (Å²) >= 11 is 0. The van der Waals surface area contributed by atoms with Crippen molar-refractivity contribution in [3.63, 3.8) is 0 Å². The highest BCUT2D eigenvalue weighted by atomic mass is 32.2. The van der Waals surface area contributed by atoms with Gasteiger partial charge in [0.05, 0.1) is 0 Å². The monoisotopic (exact) mass is 436 g/mol. The van der Waals surface area contributed by atoms with Crippen molar-refractivity contribution < 1.29 is 21.6 Å². The minimum Gasteiger partial charge on any atom is -0.356 e. The molecule has 5 aliphatic rings. The molecule has 4 bridgehead atoms. The van der Waals surface area contributed by atoms with E-state index < -0.39 is 15.5 Å². The van der Waals surface area contributed by atoms with E-state index in [-0.39, 0.29) is 19.1 Å². The first-order chi connectivity index (χ1) is 13.6. The SMILES string of the molecule is CN=C(NCC12CC3CC(CC(C3)C1)C2)NC1CCN(S(=O)(=O)C(F)(F)F)CC1. The Morgan fingerprint density at radius 2 is 1.59 bits per heavy atom. The number of hydrogen-bond donors (Lipinski definition) is 2. The summed E-state index contributed by atoms with van der Waals surface area (Å²) in [6.45, 7) is 0.619. The van der Waals surface area contributed by atoms with E-state index in [0.29, 0.717) is 28.5 Å². The summed E-state index contributed by atoms with van der Waals surface area (Å²) in [7, 11) is -3.54. The first kappa shape index (κ1) is 21.2. The summed E-state index contributed by atoms with van der Waals surface area (Å²) in [6, 6.07) is -0.0859. The lowest BCUT2D eigenvalue weighted by molar-refractivity contribution is -0.0494. The van der Waals surface area contributed by atoms with Crippen molar-refractivity contribution >= 4 is 16.0 Å². The van der Waals surface area contributed by atoms with E-state index in [1.807, 2.05) is 0 Å². The van der Waals surface area contributed by atoms with Crippen LogP contribution in [-0.4, -0.2) is 56.9 Å². The second-order valence-corrected chi connectivity index (χ2v) is 11.5. The number of guanidine groups is 1. The van der Waals surface area contributed by atoms with Gasteiger partial charge < -0.3 is 10.6 Å². The Morgan fingerprint density at radius 1 is 1.07 bits per heavy atom. The fourth-order valence-corrected chi connectivity index (χ4v) is 7.54. The van der Waals surface area contributed by atoms with Gasteiger partial charge in [-0.3, -0.25) is 4.99 Å². The maximum atomic E-state index is 12.7. The summed E-state index contributed by atoms with van der Waals surface area (Å²) in [4.78, 5) is 4.29. The van der Waals surface area contributed by atoms with E-state index in [1.54, 1.807) is 7.05 Å². The van der Waals surface area contributed by atoms with Gasteiger partial charge >= 0.3 is 15.5 Å². The topological polar surface area (TPSA) is 73.8 Å². The molecule has 1 aliphatic heterocycles. The average molecular weight is 437 g/mol. The summed E-state index contributed by atoms with van der Waals surface area (Å²) in [5.41, 5.74) is -4.88. The molecule has 5 rings (SSSR count). The molecule has 2 N–H and O–H groups in total. The summed E-state index contributed by atoms with van der Waals surface area (Å²) < 4.78 is 61.8. The largest absolute Gasteiger partial charge is 0.511 e. The van der Waals surface area contributed by atoms with Crippen molar-refractivity contribution in [2.24, 2.45) is 28.2 Å². The van der Waals surface area contributed by atoms with E-state index in [2.05, 4.69) is 15.6 Å². The fourth-order valence-electron chi connectivity index (χ4n) is 6.55. The zero-order valence-corrected chi connectivity index (χ0v) is 17.7. The quantitative estimate of drug-likeness (QED) is 0.525. The molecule has 0 aromatic rings. The van der Waals surface area contributed by atoms with Crippen LogP contribution in [0.4, 0.5) is 13.2 Å². The van der Waals surface area contributed by atoms with Gasteiger partial charge in [-0.05, 0) is 74.5 Å². The minimum absolute atomic E-state index is 0.0859. The van der Waals surface area contributed by atoms with E-state index >= 15 is 0 Å². The van der Waals surface area contributed by atoms with Crippen molar-refractivity contribution in [2.75, 3.05) is 26.7 Å². The second-order valence-electron chi connectivity index (χ2n) is 9.61. The molecule has 0 aromatic carbocycles. The lowest BCUT2D eigenvalue weighted by atomic mass is 9.49. The van der Waals surface area contributed by atoms with Gasteiger partial charge in [0.25, 0.3) is 0 Å². The third-order valence-electron chi connectivity index (χ3n) is 7.45. The van der Waals surface area contributed by atoms with E-state index in [4.69, 9.17) is 0 Å². The fraction of sp³-hybridized carbons (Fsp3) is 0.947. The minimum atomic E-state index is -5.23. The number of sulfonamides is 1. The highest BCUT2D eigenvalue weighted by Gasteiger charge is 2.51. The molecule has 0 spiro atoms. The van der Waals surface area contributed by atoms with Crippen LogP contribution in [0.3, 0.4) is 0 Å². The second kappa shape index (κ2) is 7.59. The molecule has 1 heterocycles. The van der Waals surface area contributed by atoms with Gasteiger partial charge in [0, 0.05) is 32.7 Å². The Bertz CT molecular complexity index is 710. The molecule has 0 radical (unpaired) electrons. The molecule has 0 unspecified atom stereocenters. The first-order valence-electron chi connectivity index (χ1n) is 10.6. The van der Waals surface area contributed by atoms with Crippen molar-refractivity contribution in [1.82, 2.24) is 14.9 Å². The van der Waals surface area contributed by atoms with Crippen LogP contribution in [-0.2, 0) is 10.0 Å². The highest BCUT2D eigenvalue weighted by Crippen LogP contribution is 2.59. The van der Waals surface area contributed by atoms with Gasteiger partial charge in [-0.2, -0.15) is 17.5 Å². The predicted molar refractivity (Wildman–Crippen MR) is 105 cm³/mol. The van der Waals surface area contributed by atoms with Gasteiger partial charge in [0.15, 0.2) is 5.96 Å². The number of aliphatic imine (C=N–C) groups is 1. The highest BCUT2D eigenvalue weighted by molar-refractivity contribution is 7.90. The molecule has 0 aromatic heterocycles. The van der Waals surface area contributed by atoms with Gasteiger partial charge in [-0.25, -0.2) is 8.42 Å². The summed E-state index contributed by atoms with van der Waals surface area (Å²) in [5, 5.41) is 6.75. The number of halogens is 3. The Morgan fingerprint density at radius 3 is 2.03 bits per heavy atom. The number of piperidine rings is 1. The molecular weight excluding hydrogens is 405 g/mol. The van der Waals surface area contributed by atoms with Crippen molar-refractivity contribution in [3.8, 4) is 0 Å². The lowest BCUT2D eigenvalue weighted by Gasteiger charge is -2.57. The number of hydrogen-bond acceptors (Lipinski definition) is 3. The molecule has 0 atom stereocenters. The zero-order valence-electron chi connectivity index (χ0n) is 16.8. The third-order valence-corrected chi connectivity index (χ3v) is 9.08. The van der Waals surface area contributed by atoms with Crippen LogP contribution in [0.15, 0.2) is 4.99 Å². The Balaban J connectivity index is 1.28. The maximum absolute atomic E-state index is 12.7. The molecule has 166 valence electrons. The van der Waals surface area contributed by atoms with Crippen molar-refractivity contribution in [1.29, 1.82) is 0 Å². The molecule has 29 heavy (non-hydrogen) atoms. The number of rotatable bonds is 4. The number of alkyl halides is 3. The van der Waals surface area contributed by atoms with E-state index in [9.17, 15) is 21.6 Å². The summed E-state index contributed by atoms with van der Waals surface area (Å²) in [6.07, 6.45) is 8.70. The van der Waals surface area contributed by atoms with Crippen LogP contribution in [0.2, 0.25) is 0 Å². The number of nitrogens with one attached hydrogen (secondary N) is 2. The maximum Gasteiger partial charge on any atom is 0.511 e. The standard InChI is InChI=1S/C19H31F3N4O2S/c1-23-17(24-12-18-9-13-6-14(10-18)8-15(7-13)11-18)25-16-2-4-26(5-3-16)29(27,28)19(20,21)22/h13-16H,2-12H2,1H3,(H2,23,24,25). The van der Waals surface area contributed by atoms with Gasteiger partial charge in [-0.1, -0.05) is 0 Å². The molecule has 4 aliphatic carbocycles. The van der Waals surface area contributed by atoms with Crippen LogP contribution in [0.1, 0.15) is 51.4 Å². The van der Waals surface area contributed by atoms with E-state index in [1.165, 1.54) is 38.5 Å². The van der Waals surface area contributed by atoms with Crippen LogP contribution in [0.5, 0.6) is 0 Å². The molecular formula is C19H31F3N4O2S. The van der Waals surface area contributed by atoms with Gasteiger partial charge in [0.2, 0.25) is 0 Å². The Hall–Kier alpha value is -1.03. The molecule has 0 amide bonds. The molecule has 6 nitrogen and oxygen atoms in total. The zero-order chi connectivity index (χ0) is 20.9. The van der Waals surface area contributed by atoms with Crippen LogP contribution in [0.25, 0.3) is 0 Å². The first-order valence-corrected chi connectivity index (χ1v) is 12.1. The normalized spacial score (nSPS) is 36.4. The number of nitrogens with zero attached hydrogens (tertiary/aromatic N) is 2. The van der Waals surface area contributed by atoms with Crippen molar-refractivity contribution in [3.05, 3.63) is 0 Å². The Labute approximate surface area is 170 Å².